The van der Waals surface area contributed by atoms with Gasteiger partial charge in [-0.2, -0.15) is 0 Å². The standard InChI is InChI=1S/C17H16O/c1-11-5-3-7-14(12(11)2)15-8-4-6-13-9-10-16(18)17(13)15/h3-8H,9-10H2,1-2H3. The van der Waals surface area contributed by atoms with E-state index in [0.717, 1.165) is 17.5 Å². The summed E-state index contributed by atoms with van der Waals surface area (Å²) in [6, 6.07) is 12.5. The lowest BCUT2D eigenvalue weighted by Gasteiger charge is -2.12. The first-order valence-corrected chi connectivity index (χ1v) is 6.40. The zero-order chi connectivity index (χ0) is 12.7. The van der Waals surface area contributed by atoms with Crippen LogP contribution in [0.1, 0.15) is 33.5 Å². The van der Waals surface area contributed by atoms with Crippen LogP contribution in [0.15, 0.2) is 36.4 Å². The van der Waals surface area contributed by atoms with Crippen molar-refractivity contribution >= 4 is 5.78 Å². The smallest absolute Gasteiger partial charge is 0.164 e. The first-order chi connectivity index (χ1) is 8.68. The lowest BCUT2D eigenvalue weighted by Crippen LogP contribution is -1.97. The topological polar surface area (TPSA) is 17.1 Å². The van der Waals surface area contributed by atoms with Crippen molar-refractivity contribution in [2.45, 2.75) is 26.7 Å². The predicted molar refractivity (Wildman–Crippen MR) is 74.0 cm³/mol. The fraction of sp³-hybridized carbons (Fsp3) is 0.235. The van der Waals surface area contributed by atoms with Crippen molar-refractivity contribution in [3.05, 3.63) is 58.7 Å². The summed E-state index contributed by atoms with van der Waals surface area (Å²) in [6.07, 6.45) is 1.56. The molecule has 0 fully saturated rings. The molecule has 3 rings (SSSR count). The van der Waals surface area contributed by atoms with Gasteiger partial charge in [-0.15, -0.1) is 0 Å². The third-order valence-corrected chi connectivity index (χ3v) is 3.95. The highest BCUT2D eigenvalue weighted by Gasteiger charge is 2.23. The van der Waals surface area contributed by atoms with E-state index in [9.17, 15) is 4.79 Å². The average Bonchev–Trinajstić information content (AvgIpc) is 2.75. The average molecular weight is 236 g/mol. The summed E-state index contributed by atoms with van der Waals surface area (Å²) in [7, 11) is 0. The Hall–Kier alpha value is -1.89. The van der Waals surface area contributed by atoms with Crippen molar-refractivity contribution in [2.75, 3.05) is 0 Å². The van der Waals surface area contributed by atoms with Gasteiger partial charge < -0.3 is 0 Å². The predicted octanol–water partition coefficient (Wildman–Crippen LogP) is 4.10. The van der Waals surface area contributed by atoms with Crippen molar-refractivity contribution in [3.8, 4) is 11.1 Å². The molecule has 18 heavy (non-hydrogen) atoms. The molecule has 0 amide bonds. The third-order valence-electron chi connectivity index (χ3n) is 3.95. The molecule has 1 aliphatic rings. The fourth-order valence-corrected chi connectivity index (χ4v) is 2.78. The summed E-state index contributed by atoms with van der Waals surface area (Å²) >= 11 is 0. The zero-order valence-electron chi connectivity index (χ0n) is 10.8. The molecule has 90 valence electrons. The molecule has 1 aliphatic carbocycles. The quantitative estimate of drug-likeness (QED) is 0.728. The van der Waals surface area contributed by atoms with E-state index in [4.69, 9.17) is 0 Å². The highest BCUT2D eigenvalue weighted by Crippen LogP contribution is 2.34. The van der Waals surface area contributed by atoms with Crippen LogP contribution in [0.2, 0.25) is 0 Å². The molecule has 0 aliphatic heterocycles. The molecule has 0 unspecified atom stereocenters. The van der Waals surface area contributed by atoms with Crippen LogP contribution < -0.4 is 0 Å². The molecule has 0 radical (unpaired) electrons. The van der Waals surface area contributed by atoms with E-state index in [1.54, 1.807) is 0 Å². The molecule has 1 heteroatoms. The Bertz CT molecular complexity index is 638. The normalized spacial score (nSPS) is 13.8. The number of aryl methyl sites for hydroxylation is 2. The summed E-state index contributed by atoms with van der Waals surface area (Å²) in [6.45, 7) is 4.24. The van der Waals surface area contributed by atoms with E-state index in [0.29, 0.717) is 12.2 Å². The Balaban J connectivity index is 2.28. The maximum Gasteiger partial charge on any atom is 0.164 e. The summed E-state index contributed by atoms with van der Waals surface area (Å²) in [5.74, 6) is 0.293. The molecular formula is C17H16O. The monoisotopic (exact) mass is 236 g/mol. The van der Waals surface area contributed by atoms with Crippen LogP contribution >= 0.6 is 0 Å². The van der Waals surface area contributed by atoms with Crippen molar-refractivity contribution in [1.29, 1.82) is 0 Å². The second kappa shape index (κ2) is 4.09. The van der Waals surface area contributed by atoms with Crippen LogP contribution in [0.25, 0.3) is 11.1 Å². The lowest BCUT2D eigenvalue weighted by molar-refractivity contribution is 0.0995. The number of ketones is 1. The Morgan fingerprint density at radius 1 is 0.889 bits per heavy atom. The third kappa shape index (κ3) is 1.59. The van der Waals surface area contributed by atoms with Gasteiger partial charge in [0.1, 0.15) is 0 Å². The van der Waals surface area contributed by atoms with Crippen LogP contribution in [-0.4, -0.2) is 5.78 Å². The molecule has 0 bridgehead atoms. The summed E-state index contributed by atoms with van der Waals surface area (Å²) < 4.78 is 0. The SMILES string of the molecule is Cc1cccc(-c2cccc3c2C(=O)CC3)c1C. The number of fused-ring (bicyclic) bond motifs is 1. The van der Waals surface area contributed by atoms with E-state index in [1.807, 2.05) is 0 Å². The minimum absolute atomic E-state index is 0.293. The van der Waals surface area contributed by atoms with Crippen LogP contribution in [0.4, 0.5) is 0 Å². The molecule has 0 spiro atoms. The molecule has 0 saturated heterocycles. The summed E-state index contributed by atoms with van der Waals surface area (Å²) in [4.78, 5) is 12.1. The molecule has 0 aromatic heterocycles. The maximum atomic E-state index is 12.1. The number of carbonyl (C=O) groups is 1. The number of benzene rings is 2. The zero-order valence-corrected chi connectivity index (χ0v) is 10.8. The van der Waals surface area contributed by atoms with Gasteiger partial charge in [0.05, 0.1) is 0 Å². The van der Waals surface area contributed by atoms with Gasteiger partial charge in [-0.3, -0.25) is 4.79 Å². The maximum absolute atomic E-state index is 12.1. The molecular weight excluding hydrogens is 220 g/mol. The van der Waals surface area contributed by atoms with Crippen LogP contribution in [-0.2, 0) is 6.42 Å². The van der Waals surface area contributed by atoms with Gasteiger partial charge in [0, 0.05) is 12.0 Å². The number of Topliss-reactive ketones (excluding diaryl/α,β-unsaturated/α-hetero) is 1. The van der Waals surface area contributed by atoms with Crippen molar-refractivity contribution in [2.24, 2.45) is 0 Å². The molecule has 0 saturated carbocycles. The Morgan fingerprint density at radius 3 is 2.44 bits per heavy atom. The van der Waals surface area contributed by atoms with Crippen molar-refractivity contribution in [3.63, 3.8) is 0 Å². The lowest BCUT2D eigenvalue weighted by atomic mass is 9.92. The van der Waals surface area contributed by atoms with Gasteiger partial charge in [0.2, 0.25) is 0 Å². The van der Waals surface area contributed by atoms with Crippen LogP contribution in [0.3, 0.4) is 0 Å². The molecule has 0 N–H and O–H groups in total. The van der Waals surface area contributed by atoms with Crippen molar-refractivity contribution in [1.82, 2.24) is 0 Å². The van der Waals surface area contributed by atoms with Gasteiger partial charge >= 0.3 is 0 Å². The molecule has 2 aromatic rings. The first-order valence-electron chi connectivity index (χ1n) is 6.40. The fourth-order valence-electron chi connectivity index (χ4n) is 2.78. The second-order valence-corrected chi connectivity index (χ2v) is 5.01. The Labute approximate surface area is 107 Å². The largest absolute Gasteiger partial charge is 0.294 e. The molecule has 0 heterocycles. The van der Waals surface area contributed by atoms with Crippen LogP contribution in [0.5, 0.6) is 0 Å². The van der Waals surface area contributed by atoms with Crippen molar-refractivity contribution < 1.29 is 4.79 Å². The van der Waals surface area contributed by atoms with Gasteiger partial charge in [0.25, 0.3) is 0 Å². The van der Waals surface area contributed by atoms with Crippen LogP contribution in [0, 0.1) is 13.8 Å². The Kier molecular flexibility index (Phi) is 2.55. The number of hydrogen-bond acceptors (Lipinski definition) is 1. The van der Waals surface area contributed by atoms with E-state index in [-0.39, 0.29) is 0 Å². The van der Waals surface area contributed by atoms with Gasteiger partial charge in [-0.05, 0) is 48.1 Å². The Morgan fingerprint density at radius 2 is 1.61 bits per heavy atom. The molecule has 2 aromatic carbocycles. The number of hydrogen-bond donors (Lipinski definition) is 0. The summed E-state index contributed by atoms with van der Waals surface area (Å²) in [5.41, 5.74) is 7.00. The number of carbonyl (C=O) groups excluding carboxylic acids is 1. The van der Waals surface area contributed by atoms with E-state index in [2.05, 4.69) is 50.2 Å². The van der Waals surface area contributed by atoms with Gasteiger partial charge in [0.15, 0.2) is 5.78 Å². The minimum Gasteiger partial charge on any atom is -0.294 e. The number of rotatable bonds is 1. The van der Waals surface area contributed by atoms with E-state index < -0.39 is 0 Å². The highest BCUT2D eigenvalue weighted by molar-refractivity contribution is 6.06. The minimum atomic E-state index is 0.293. The molecule has 0 atom stereocenters. The van der Waals surface area contributed by atoms with Gasteiger partial charge in [-0.1, -0.05) is 36.4 Å². The first kappa shape index (κ1) is 11.2. The van der Waals surface area contributed by atoms with E-state index in [1.165, 1.54) is 22.3 Å². The molecule has 1 nitrogen and oxygen atoms in total. The second-order valence-electron chi connectivity index (χ2n) is 5.01. The van der Waals surface area contributed by atoms with E-state index >= 15 is 0 Å². The highest BCUT2D eigenvalue weighted by atomic mass is 16.1. The summed E-state index contributed by atoms with van der Waals surface area (Å²) in [5, 5.41) is 0. The van der Waals surface area contributed by atoms with Gasteiger partial charge in [-0.25, -0.2) is 0 Å².